The Morgan fingerprint density at radius 1 is 0.889 bits per heavy atom. The molecule has 2 N–H and O–H groups in total. The molecule has 2 rings (SSSR count). The number of nitrogens with two attached hydrogens (primary N) is 1. The molecule has 2 aromatic carbocycles. The van der Waals surface area contributed by atoms with Gasteiger partial charge < -0.3 is 10.1 Å². The SMILES string of the molecule is COc1ccc(C[NH2+]Cc2ccc(Cl)cc2)cc1. The molecule has 0 heterocycles. The van der Waals surface area contributed by atoms with Crippen LogP contribution < -0.4 is 10.1 Å². The average Bonchev–Trinajstić information content (AvgIpc) is 2.42. The van der Waals surface area contributed by atoms with Crippen LogP contribution in [0.4, 0.5) is 0 Å². The molecule has 0 atom stereocenters. The first-order valence-corrected chi connectivity index (χ1v) is 6.35. The van der Waals surface area contributed by atoms with Crippen LogP contribution in [0.2, 0.25) is 5.02 Å². The first-order chi connectivity index (χ1) is 8.78. The first-order valence-electron chi connectivity index (χ1n) is 5.97. The highest BCUT2D eigenvalue weighted by Gasteiger charge is 1.98. The van der Waals surface area contributed by atoms with Crippen molar-refractivity contribution in [1.82, 2.24) is 0 Å². The van der Waals surface area contributed by atoms with Gasteiger partial charge in [-0.3, -0.25) is 0 Å². The second kappa shape index (κ2) is 6.43. The average molecular weight is 263 g/mol. The van der Waals surface area contributed by atoms with Crippen molar-refractivity contribution in [3.8, 4) is 5.75 Å². The van der Waals surface area contributed by atoms with E-state index in [0.717, 1.165) is 23.9 Å². The number of benzene rings is 2. The fraction of sp³-hybridized carbons (Fsp3) is 0.200. The van der Waals surface area contributed by atoms with Crippen molar-refractivity contribution in [2.75, 3.05) is 7.11 Å². The fourth-order valence-electron chi connectivity index (χ4n) is 1.79. The van der Waals surface area contributed by atoms with E-state index in [-0.39, 0.29) is 0 Å². The van der Waals surface area contributed by atoms with Gasteiger partial charge in [0.2, 0.25) is 0 Å². The second-order valence-corrected chi connectivity index (χ2v) is 4.61. The van der Waals surface area contributed by atoms with Gasteiger partial charge in [-0.25, -0.2) is 0 Å². The lowest BCUT2D eigenvalue weighted by Gasteiger charge is -2.04. The van der Waals surface area contributed by atoms with Crippen molar-refractivity contribution >= 4 is 11.6 Å². The number of halogens is 1. The predicted octanol–water partition coefficient (Wildman–Crippen LogP) is 2.61. The number of hydrogen-bond acceptors (Lipinski definition) is 1. The van der Waals surface area contributed by atoms with Gasteiger partial charge in [-0.15, -0.1) is 0 Å². The highest BCUT2D eigenvalue weighted by Crippen LogP contribution is 2.10. The highest BCUT2D eigenvalue weighted by atomic mass is 35.5. The Labute approximate surface area is 113 Å². The summed E-state index contributed by atoms with van der Waals surface area (Å²) in [7, 11) is 1.68. The van der Waals surface area contributed by atoms with Crippen LogP contribution in [0.3, 0.4) is 0 Å². The molecule has 0 saturated heterocycles. The summed E-state index contributed by atoms with van der Waals surface area (Å²) in [5, 5.41) is 3.05. The Bertz CT molecular complexity index is 479. The van der Waals surface area contributed by atoms with Crippen LogP contribution >= 0.6 is 11.6 Å². The smallest absolute Gasteiger partial charge is 0.118 e. The molecule has 0 unspecified atom stereocenters. The van der Waals surface area contributed by atoms with Crippen molar-refractivity contribution in [2.24, 2.45) is 0 Å². The van der Waals surface area contributed by atoms with Gasteiger partial charge in [0.15, 0.2) is 0 Å². The lowest BCUT2D eigenvalue weighted by Crippen LogP contribution is -2.80. The van der Waals surface area contributed by atoms with E-state index < -0.39 is 0 Å². The van der Waals surface area contributed by atoms with Crippen molar-refractivity contribution in [3.05, 3.63) is 64.7 Å². The molecule has 0 bridgehead atoms. The van der Waals surface area contributed by atoms with E-state index >= 15 is 0 Å². The quantitative estimate of drug-likeness (QED) is 0.881. The zero-order valence-corrected chi connectivity index (χ0v) is 11.2. The predicted molar refractivity (Wildman–Crippen MR) is 73.8 cm³/mol. The maximum Gasteiger partial charge on any atom is 0.118 e. The van der Waals surface area contributed by atoms with Gasteiger partial charge in [-0.1, -0.05) is 23.7 Å². The van der Waals surface area contributed by atoms with Crippen molar-refractivity contribution in [3.63, 3.8) is 0 Å². The molecule has 18 heavy (non-hydrogen) atoms. The molecule has 0 fully saturated rings. The van der Waals surface area contributed by atoms with Crippen LogP contribution in [-0.2, 0) is 13.1 Å². The molecule has 2 aromatic rings. The molecule has 0 amide bonds. The first kappa shape index (κ1) is 12.9. The largest absolute Gasteiger partial charge is 0.497 e. The van der Waals surface area contributed by atoms with E-state index in [1.807, 2.05) is 24.3 Å². The molecule has 3 heteroatoms. The fourth-order valence-corrected chi connectivity index (χ4v) is 1.91. The summed E-state index contributed by atoms with van der Waals surface area (Å²) in [4.78, 5) is 0. The summed E-state index contributed by atoms with van der Waals surface area (Å²) in [5.74, 6) is 0.899. The Balaban J connectivity index is 1.82. The van der Waals surface area contributed by atoms with Crippen molar-refractivity contribution in [2.45, 2.75) is 13.1 Å². The minimum Gasteiger partial charge on any atom is -0.497 e. The van der Waals surface area contributed by atoms with Gasteiger partial charge in [0.05, 0.1) is 7.11 Å². The van der Waals surface area contributed by atoms with E-state index in [2.05, 4.69) is 29.6 Å². The normalized spacial score (nSPS) is 10.3. The Kier molecular flexibility index (Phi) is 4.62. The van der Waals surface area contributed by atoms with Crippen molar-refractivity contribution < 1.29 is 10.1 Å². The molecule has 0 aliphatic heterocycles. The molecule has 0 spiro atoms. The number of quaternary nitrogens is 1. The minimum atomic E-state index is 0.786. The van der Waals surface area contributed by atoms with Crippen LogP contribution in [0.15, 0.2) is 48.5 Å². The summed E-state index contributed by atoms with van der Waals surface area (Å²) >= 11 is 5.85. The van der Waals surface area contributed by atoms with Crippen molar-refractivity contribution in [1.29, 1.82) is 0 Å². The maximum atomic E-state index is 5.85. The maximum absolute atomic E-state index is 5.85. The third kappa shape index (κ3) is 3.76. The van der Waals surface area contributed by atoms with E-state index in [1.54, 1.807) is 7.11 Å². The Morgan fingerprint density at radius 2 is 1.39 bits per heavy atom. The van der Waals surface area contributed by atoms with E-state index in [4.69, 9.17) is 16.3 Å². The van der Waals surface area contributed by atoms with Crippen LogP contribution in [-0.4, -0.2) is 7.11 Å². The Hall–Kier alpha value is -1.51. The summed E-state index contributed by atoms with van der Waals surface area (Å²) in [5.41, 5.74) is 2.58. The van der Waals surface area contributed by atoms with Crippen LogP contribution in [0.1, 0.15) is 11.1 Å². The van der Waals surface area contributed by atoms with Gasteiger partial charge in [0.1, 0.15) is 18.8 Å². The summed E-state index contributed by atoms with van der Waals surface area (Å²) in [6, 6.07) is 16.2. The van der Waals surface area contributed by atoms with Crippen LogP contribution in [0, 0.1) is 0 Å². The van der Waals surface area contributed by atoms with Gasteiger partial charge in [-0.05, 0) is 36.4 Å². The molecule has 0 radical (unpaired) electrons. The van der Waals surface area contributed by atoms with Crippen LogP contribution in [0.25, 0.3) is 0 Å². The summed E-state index contributed by atoms with van der Waals surface area (Å²) in [6.45, 7) is 1.93. The standard InChI is InChI=1S/C15H16ClNO/c1-18-15-8-4-13(5-9-15)11-17-10-12-2-6-14(16)7-3-12/h2-9,17H,10-11H2,1H3/p+1. The number of hydrogen-bond donors (Lipinski definition) is 1. The van der Waals surface area contributed by atoms with Gasteiger partial charge in [-0.2, -0.15) is 0 Å². The summed E-state index contributed by atoms with van der Waals surface area (Å²) < 4.78 is 5.13. The van der Waals surface area contributed by atoms with E-state index in [0.29, 0.717) is 0 Å². The number of methoxy groups -OCH3 is 1. The molecule has 0 saturated carbocycles. The van der Waals surface area contributed by atoms with Gasteiger partial charge in [0.25, 0.3) is 0 Å². The molecule has 0 aromatic heterocycles. The third-order valence-electron chi connectivity index (χ3n) is 2.83. The lowest BCUT2D eigenvalue weighted by atomic mass is 10.2. The Morgan fingerprint density at radius 3 is 1.89 bits per heavy atom. The molecule has 2 nitrogen and oxygen atoms in total. The molecule has 94 valence electrons. The molecule has 0 aliphatic rings. The number of rotatable bonds is 5. The van der Waals surface area contributed by atoms with Gasteiger partial charge >= 0.3 is 0 Å². The lowest BCUT2D eigenvalue weighted by molar-refractivity contribution is -0.686. The second-order valence-electron chi connectivity index (χ2n) is 4.17. The highest BCUT2D eigenvalue weighted by molar-refractivity contribution is 6.30. The third-order valence-corrected chi connectivity index (χ3v) is 3.08. The zero-order valence-electron chi connectivity index (χ0n) is 10.4. The van der Waals surface area contributed by atoms with E-state index in [1.165, 1.54) is 11.1 Å². The minimum absolute atomic E-state index is 0.786. The topological polar surface area (TPSA) is 25.8 Å². The number of ether oxygens (including phenoxy) is 1. The molecule has 0 aliphatic carbocycles. The molecular formula is C15H17ClNO+. The molecular weight excluding hydrogens is 246 g/mol. The zero-order chi connectivity index (χ0) is 12.8. The van der Waals surface area contributed by atoms with E-state index in [9.17, 15) is 0 Å². The van der Waals surface area contributed by atoms with Gasteiger partial charge in [0, 0.05) is 16.1 Å². The monoisotopic (exact) mass is 262 g/mol. The van der Waals surface area contributed by atoms with Crippen LogP contribution in [0.5, 0.6) is 5.75 Å². The summed E-state index contributed by atoms with van der Waals surface area (Å²) in [6.07, 6.45) is 0.